The van der Waals surface area contributed by atoms with E-state index in [1.165, 1.54) is 148 Å². The minimum Gasteiger partial charge on any atom is -0.545 e. The fourth-order valence-electron chi connectivity index (χ4n) is 9.35. The van der Waals surface area contributed by atoms with Gasteiger partial charge in [-0.1, -0.05) is 297 Å². The van der Waals surface area contributed by atoms with Gasteiger partial charge in [-0.25, -0.2) is 0 Å². The summed E-state index contributed by atoms with van der Waals surface area (Å²) in [6.45, 7) is 4.65. The van der Waals surface area contributed by atoms with Crippen molar-refractivity contribution in [2.75, 3.05) is 47.5 Å². The van der Waals surface area contributed by atoms with E-state index in [9.17, 15) is 19.5 Å². The van der Waals surface area contributed by atoms with E-state index in [1.54, 1.807) is 0 Å². The zero-order valence-corrected chi connectivity index (χ0v) is 54.3. The standard InChI is InChI=1S/C74H127NO8/c1-6-8-10-12-14-16-18-20-22-24-26-28-30-31-32-33-34-35-36-37-38-39-40-41-43-45-47-49-51-53-55-57-59-61-63-65-72(77)83-70(69-82-74(73(78)79)80-67-66-75(3,4)5)68-81-71(76)64-62-60-58-56-54-52-50-48-46-44-42-29-27-25-23-21-19-17-15-13-11-9-7-2/h8,10,14,16,20,22,26,28,31-32,34-35,37-38,40-41,45,47,70,74H,6-7,9,11-13,15,17-19,21,23-25,27,29-30,33,36,39,42-44,46,48-69H2,1-5H3/b10-8-,16-14-,22-20-,28-26-,32-31-,35-34-,38-37-,41-40-,47-45-. The molecule has 0 bridgehead atoms. The van der Waals surface area contributed by atoms with Gasteiger partial charge in [-0.05, 0) is 83.5 Å². The molecule has 0 aliphatic carbocycles. The highest BCUT2D eigenvalue weighted by Crippen LogP contribution is 2.17. The third-order valence-corrected chi connectivity index (χ3v) is 14.5. The van der Waals surface area contributed by atoms with Gasteiger partial charge < -0.3 is 33.3 Å². The van der Waals surface area contributed by atoms with Gasteiger partial charge in [0.15, 0.2) is 12.4 Å². The number of allylic oxidation sites excluding steroid dienone is 18. The van der Waals surface area contributed by atoms with Gasteiger partial charge in [0.1, 0.15) is 13.2 Å². The average molecular weight is 1160 g/mol. The lowest BCUT2D eigenvalue weighted by Gasteiger charge is -2.26. The average Bonchev–Trinajstić information content (AvgIpc) is 3.46. The quantitative estimate of drug-likeness (QED) is 0.0195. The van der Waals surface area contributed by atoms with Gasteiger partial charge in [0.2, 0.25) is 0 Å². The van der Waals surface area contributed by atoms with E-state index in [0.29, 0.717) is 17.4 Å². The van der Waals surface area contributed by atoms with Crippen LogP contribution in [0.25, 0.3) is 0 Å². The van der Waals surface area contributed by atoms with Crippen LogP contribution in [-0.4, -0.2) is 82.3 Å². The molecule has 0 aromatic rings. The van der Waals surface area contributed by atoms with Crippen LogP contribution in [0, 0.1) is 0 Å². The molecule has 0 radical (unpaired) electrons. The number of quaternary nitrogens is 1. The van der Waals surface area contributed by atoms with Crippen LogP contribution in [0.15, 0.2) is 109 Å². The molecule has 0 aliphatic rings. The van der Waals surface area contributed by atoms with Crippen LogP contribution in [0.5, 0.6) is 0 Å². The van der Waals surface area contributed by atoms with Gasteiger partial charge in [0.05, 0.1) is 40.3 Å². The number of unbranched alkanes of at least 4 members (excludes halogenated alkanes) is 29. The molecule has 0 aromatic carbocycles. The molecular weight excluding hydrogens is 1030 g/mol. The molecule has 476 valence electrons. The summed E-state index contributed by atoms with van der Waals surface area (Å²) in [5, 5.41) is 11.8. The van der Waals surface area contributed by atoms with Crippen LogP contribution in [0.3, 0.4) is 0 Å². The summed E-state index contributed by atoms with van der Waals surface area (Å²) in [5.74, 6) is -2.29. The van der Waals surface area contributed by atoms with Crippen molar-refractivity contribution < 1.29 is 42.9 Å². The monoisotopic (exact) mass is 1160 g/mol. The van der Waals surface area contributed by atoms with Crippen molar-refractivity contribution in [3.05, 3.63) is 109 Å². The first-order valence-electron chi connectivity index (χ1n) is 34.0. The largest absolute Gasteiger partial charge is 0.545 e. The number of carbonyl (C=O) groups is 3. The molecule has 0 rings (SSSR count). The highest BCUT2D eigenvalue weighted by atomic mass is 16.7. The third kappa shape index (κ3) is 65.3. The molecule has 0 N–H and O–H groups in total. The van der Waals surface area contributed by atoms with Crippen molar-refractivity contribution in [2.45, 2.75) is 296 Å². The molecule has 2 atom stereocenters. The number of likely N-dealkylation sites (N-methyl/N-ethyl adjacent to an activating group) is 1. The van der Waals surface area contributed by atoms with Gasteiger partial charge >= 0.3 is 11.9 Å². The van der Waals surface area contributed by atoms with Crippen LogP contribution in [0.1, 0.15) is 284 Å². The Morgan fingerprint density at radius 1 is 0.373 bits per heavy atom. The van der Waals surface area contributed by atoms with E-state index in [0.717, 1.165) is 103 Å². The highest BCUT2D eigenvalue weighted by Gasteiger charge is 2.22. The van der Waals surface area contributed by atoms with Crippen molar-refractivity contribution in [2.24, 2.45) is 0 Å². The van der Waals surface area contributed by atoms with Crippen LogP contribution in [0.4, 0.5) is 0 Å². The molecule has 0 aliphatic heterocycles. The van der Waals surface area contributed by atoms with Crippen LogP contribution >= 0.6 is 0 Å². The second kappa shape index (κ2) is 64.0. The van der Waals surface area contributed by atoms with E-state index in [-0.39, 0.29) is 38.6 Å². The Kier molecular flexibility index (Phi) is 60.8. The molecule has 83 heavy (non-hydrogen) atoms. The van der Waals surface area contributed by atoms with Crippen molar-refractivity contribution >= 4 is 17.9 Å². The zero-order chi connectivity index (χ0) is 60.5. The van der Waals surface area contributed by atoms with Gasteiger partial charge in [0.25, 0.3) is 0 Å². The molecule has 0 saturated heterocycles. The van der Waals surface area contributed by atoms with Crippen LogP contribution in [0.2, 0.25) is 0 Å². The van der Waals surface area contributed by atoms with E-state index in [1.807, 2.05) is 21.1 Å². The third-order valence-electron chi connectivity index (χ3n) is 14.5. The van der Waals surface area contributed by atoms with E-state index >= 15 is 0 Å². The summed E-state index contributed by atoms with van der Waals surface area (Å²) < 4.78 is 22.8. The Bertz CT molecular complexity index is 1730. The fraction of sp³-hybridized carbons (Fsp3) is 0.716. The first kappa shape index (κ1) is 79.0. The number of nitrogens with zero attached hydrogens (tertiary/aromatic N) is 1. The minimum atomic E-state index is -1.63. The van der Waals surface area contributed by atoms with Crippen molar-refractivity contribution in [1.29, 1.82) is 0 Å². The molecule has 0 amide bonds. The maximum atomic E-state index is 12.9. The van der Waals surface area contributed by atoms with Gasteiger partial charge in [0, 0.05) is 12.8 Å². The van der Waals surface area contributed by atoms with E-state index < -0.39 is 24.3 Å². The number of rotatable bonds is 62. The first-order valence-corrected chi connectivity index (χ1v) is 34.0. The molecule has 0 aromatic heterocycles. The molecule has 0 spiro atoms. The van der Waals surface area contributed by atoms with Crippen molar-refractivity contribution in [3.63, 3.8) is 0 Å². The normalized spacial score (nSPS) is 13.4. The molecule has 0 fully saturated rings. The predicted molar refractivity (Wildman–Crippen MR) is 352 cm³/mol. The Hall–Kier alpha value is -4.05. The number of esters is 2. The second-order valence-corrected chi connectivity index (χ2v) is 23.7. The number of carboxylic acid groups (broad SMARTS) is 1. The zero-order valence-electron chi connectivity index (χ0n) is 54.3. The lowest BCUT2D eigenvalue weighted by Crippen LogP contribution is -2.44. The summed E-state index contributed by atoms with van der Waals surface area (Å²) in [7, 11) is 5.92. The van der Waals surface area contributed by atoms with Gasteiger partial charge in [-0.3, -0.25) is 9.59 Å². The summed E-state index contributed by atoms with van der Waals surface area (Å²) in [4.78, 5) is 37.5. The number of carbonyl (C=O) groups excluding carboxylic acids is 3. The van der Waals surface area contributed by atoms with Crippen LogP contribution in [-0.2, 0) is 33.3 Å². The first-order chi connectivity index (χ1) is 40.6. The number of hydrogen-bond acceptors (Lipinski definition) is 8. The molecule has 0 heterocycles. The number of carboxylic acids is 1. The smallest absolute Gasteiger partial charge is 0.306 e. The Balaban J connectivity index is 4.20. The lowest BCUT2D eigenvalue weighted by atomic mass is 10.0. The predicted octanol–water partition coefficient (Wildman–Crippen LogP) is 19.7. The van der Waals surface area contributed by atoms with Crippen molar-refractivity contribution in [3.8, 4) is 0 Å². The molecule has 0 saturated carbocycles. The van der Waals surface area contributed by atoms with Gasteiger partial charge in [-0.15, -0.1) is 0 Å². The SMILES string of the molecule is CC/C=C\C/C=C\C/C=C\C/C=C\C/C=C\C/C=C\C/C=C\C/C=C\C/C=C\CCCCCCCCCC(=O)OC(COC(=O)CCCCCCCCCCCCCCCCCCCCCCCCC)COC(OCC[N+](C)(C)C)C(=O)[O-]. The van der Waals surface area contributed by atoms with Crippen molar-refractivity contribution in [1.82, 2.24) is 0 Å². The molecule has 9 nitrogen and oxygen atoms in total. The summed E-state index contributed by atoms with van der Waals surface area (Å²) in [5.41, 5.74) is 0. The summed E-state index contributed by atoms with van der Waals surface area (Å²) in [6, 6.07) is 0. The maximum absolute atomic E-state index is 12.9. The van der Waals surface area contributed by atoms with E-state index in [4.69, 9.17) is 18.9 Å². The molecule has 9 heteroatoms. The number of hydrogen-bond donors (Lipinski definition) is 0. The Labute approximate surface area is 511 Å². The summed E-state index contributed by atoms with van der Waals surface area (Å²) in [6.07, 6.45) is 85.9. The fourth-order valence-corrected chi connectivity index (χ4v) is 9.35. The number of ether oxygens (including phenoxy) is 4. The topological polar surface area (TPSA) is 111 Å². The molecule has 2 unspecified atom stereocenters. The van der Waals surface area contributed by atoms with E-state index in [2.05, 4.69) is 123 Å². The number of aliphatic carboxylic acids is 1. The van der Waals surface area contributed by atoms with Gasteiger partial charge in [-0.2, -0.15) is 0 Å². The molecular formula is C74H127NO8. The second-order valence-electron chi connectivity index (χ2n) is 23.7. The minimum absolute atomic E-state index is 0.142. The highest BCUT2D eigenvalue weighted by molar-refractivity contribution is 5.70. The lowest BCUT2D eigenvalue weighted by molar-refractivity contribution is -0.870. The Morgan fingerprint density at radius 3 is 1.02 bits per heavy atom. The Morgan fingerprint density at radius 2 is 0.687 bits per heavy atom. The summed E-state index contributed by atoms with van der Waals surface area (Å²) >= 11 is 0. The maximum Gasteiger partial charge on any atom is 0.306 e. The van der Waals surface area contributed by atoms with Crippen LogP contribution < -0.4 is 5.11 Å².